The maximum Gasteiger partial charge on any atom is 0.252 e. The molecule has 2 aromatic heterocycles. The smallest absolute Gasteiger partial charge is 0.252 e. The summed E-state index contributed by atoms with van der Waals surface area (Å²) in [5.41, 5.74) is 3.78. The first kappa shape index (κ1) is 18.6. The fraction of sp³-hybridized carbons (Fsp3) is 0.273. The van der Waals surface area contributed by atoms with E-state index in [0.717, 1.165) is 39.9 Å². The average molecular weight is 393 g/mol. The minimum Gasteiger partial charge on any atom is -0.351 e. The third-order valence-corrected chi connectivity index (χ3v) is 5.87. The van der Waals surface area contributed by atoms with Crippen LogP contribution in [-0.4, -0.2) is 32.0 Å². The first-order valence-electron chi connectivity index (χ1n) is 9.35. The van der Waals surface area contributed by atoms with Crippen molar-refractivity contribution in [3.05, 3.63) is 66.1 Å². The van der Waals surface area contributed by atoms with Crippen LogP contribution in [0.5, 0.6) is 0 Å². The lowest BCUT2D eigenvalue weighted by Crippen LogP contribution is -2.31. The number of thioether (sulfide) groups is 1. The van der Waals surface area contributed by atoms with Gasteiger partial charge in [0, 0.05) is 36.8 Å². The van der Waals surface area contributed by atoms with E-state index in [-0.39, 0.29) is 11.9 Å². The number of aryl methyl sites for hydroxylation is 2. The van der Waals surface area contributed by atoms with Gasteiger partial charge in [0.05, 0.1) is 17.1 Å². The fourth-order valence-corrected chi connectivity index (χ4v) is 4.19. The lowest BCUT2D eigenvalue weighted by Gasteiger charge is -2.19. The fourth-order valence-electron chi connectivity index (χ4n) is 3.71. The van der Waals surface area contributed by atoms with E-state index in [1.165, 1.54) is 0 Å². The third kappa shape index (κ3) is 3.29. The Labute approximate surface area is 168 Å². The quantitative estimate of drug-likeness (QED) is 0.533. The van der Waals surface area contributed by atoms with Crippen molar-refractivity contribution in [1.82, 2.24) is 19.4 Å². The van der Waals surface area contributed by atoms with Crippen LogP contribution in [0, 0.1) is 0 Å². The minimum atomic E-state index is -0.142. The molecular weight excluding hydrogens is 368 g/mol. The Morgan fingerprint density at radius 1 is 1.11 bits per heavy atom. The molecule has 4 rings (SSSR count). The van der Waals surface area contributed by atoms with E-state index in [0.29, 0.717) is 5.56 Å². The third-order valence-electron chi connectivity index (χ3n) is 5.22. The van der Waals surface area contributed by atoms with Crippen molar-refractivity contribution in [1.29, 1.82) is 0 Å². The van der Waals surface area contributed by atoms with Crippen LogP contribution in [0.4, 0.5) is 0 Å². The second-order valence-electron chi connectivity index (χ2n) is 6.99. The molecule has 4 aromatic rings. The molecule has 1 amide bonds. The summed E-state index contributed by atoms with van der Waals surface area (Å²) in [6, 6.07) is 15.8. The molecule has 0 aliphatic heterocycles. The maximum atomic E-state index is 13.2. The number of carbonyl (C=O) groups is 1. The van der Waals surface area contributed by atoms with Crippen LogP contribution in [0.25, 0.3) is 21.9 Å². The summed E-state index contributed by atoms with van der Waals surface area (Å²) in [5.74, 6) is 1.78. The highest BCUT2D eigenvalue weighted by Crippen LogP contribution is 2.25. The molecule has 2 aromatic carbocycles. The van der Waals surface area contributed by atoms with Gasteiger partial charge in [0.25, 0.3) is 5.91 Å². The summed E-state index contributed by atoms with van der Waals surface area (Å²) in [5, 5.41) is 4.21. The number of rotatable bonds is 6. The van der Waals surface area contributed by atoms with Crippen molar-refractivity contribution in [2.24, 2.45) is 14.1 Å². The molecule has 1 N–H and O–H groups in total. The Balaban J connectivity index is 1.69. The monoisotopic (exact) mass is 392 g/mol. The standard InChI is InChI=1S/C22H24N4OS/c1-25-13-11-15-16(7-6-10-19(15)25)22(27)24-18(12-14-28-3)21-23-17-8-4-5-9-20(17)26(21)2/h4-11,13,18H,12,14H2,1-3H3,(H,24,27)/t18-/m0/s1. The van der Waals surface area contributed by atoms with Crippen molar-refractivity contribution in [2.75, 3.05) is 12.0 Å². The van der Waals surface area contributed by atoms with E-state index in [2.05, 4.69) is 22.2 Å². The van der Waals surface area contributed by atoms with Crippen molar-refractivity contribution >= 4 is 39.6 Å². The molecule has 6 heteroatoms. The van der Waals surface area contributed by atoms with Crippen molar-refractivity contribution in [3.8, 4) is 0 Å². The molecule has 0 radical (unpaired) electrons. The number of benzene rings is 2. The Bertz CT molecular complexity index is 1140. The zero-order chi connectivity index (χ0) is 19.7. The number of hydrogen-bond donors (Lipinski definition) is 1. The number of carbonyl (C=O) groups excluding carboxylic acids is 1. The molecule has 28 heavy (non-hydrogen) atoms. The van der Waals surface area contributed by atoms with Crippen molar-refractivity contribution < 1.29 is 4.79 Å². The van der Waals surface area contributed by atoms with Gasteiger partial charge in [-0.3, -0.25) is 4.79 Å². The van der Waals surface area contributed by atoms with E-state index in [1.54, 1.807) is 11.8 Å². The second-order valence-corrected chi connectivity index (χ2v) is 7.98. The Hall–Kier alpha value is -2.73. The van der Waals surface area contributed by atoms with Crippen LogP contribution in [0.1, 0.15) is 28.6 Å². The molecule has 0 aliphatic rings. The van der Waals surface area contributed by atoms with E-state index >= 15 is 0 Å². The van der Waals surface area contributed by atoms with Crippen molar-refractivity contribution in [3.63, 3.8) is 0 Å². The van der Waals surface area contributed by atoms with Crippen LogP contribution in [0.2, 0.25) is 0 Å². The van der Waals surface area contributed by atoms with Crippen molar-refractivity contribution in [2.45, 2.75) is 12.5 Å². The van der Waals surface area contributed by atoms with Gasteiger partial charge in [-0.05, 0) is 48.8 Å². The van der Waals surface area contributed by atoms with Crippen LogP contribution < -0.4 is 5.32 Å². The highest BCUT2D eigenvalue weighted by Gasteiger charge is 2.22. The molecule has 5 nitrogen and oxygen atoms in total. The summed E-state index contributed by atoms with van der Waals surface area (Å²) in [6.45, 7) is 0. The number of amides is 1. The van der Waals surface area contributed by atoms with Gasteiger partial charge in [0.2, 0.25) is 0 Å². The zero-order valence-corrected chi connectivity index (χ0v) is 17.2. The largest absolute Gasteiger partial charge is 0.351 e. The van der Waals surface area contributed by atoms with E-state index in [1.807, 2.05) is 67.3 Å². The second kappa shape index (κ2) is 7.72. The highest BCUT2D eigenvalue weighted by atomic mass is 32.2. The number of nitrogens with zero attached hydrogens (tertiary/aromatic N) is 3. The number of fused-ring (bicyclic) bond motifs is 2. The van der Waals surface area contributed by atoms with E-state index in [9.17, 15) is 4.79 Å². The molecule has 0 fully saturated rings. The summed E-state index contributed by atoms with van der Waals surface area (Å²) >= 11 is 1.77. The predicted octanol–water partition coefficient (Wildman–Crippen LogP) is 4.29. The normalized spacial score (nSPS) is 12.5. The molecule has 2 heterocycles. The summed E-state index contributed by atoms with van der Waals surface area (Å²) in [4.78, 5) is 18.0. The molecule has 144 valence electrons. The first-order chi connectivity index (χ1) is 13.6. The molecule has 0 spiro atoms. The number of hydrogen-bond acceptors (Lipinski definition) is 3. The topological polar surface area (TPSA) is 51.9 Å². The molecule has 0 unspecified atom stereocenters. The number of imidazole rings is 1. The molecule has 0 saturated carbocycles. The zero-order valence-electron chi connectivity index (χ0n) is 16.3. The lowest BCUT2D eigenvalue weighted by molar-refractivity contribution is 0.0935. The van der Waals surface area contributed by atoms with Gasteiger partial charge >= 0.3 is 0 Å². The predicted molar refractivity (Wildman–Crippen MR) is 117 cm³/mol. The van der Waals surface area contributed by atoms with Gasteiger partial charge in [0.15, 0.2) is 0 Å². The lowest BCUT2D eigenvalue weighted by atomic mass is 10.1. The maximum absolute atomic E-state index is 13.2. The molecule has 1 atom stereocenters. The van der Waals surface area contributed by atoms with Crippen LogP contribution in [-0.2, 0) is 14.1 Å². The molecule has 0 saturated heterocycles. The minimum absolute atomic E-state index is 0.0602. The average Bonchev–Trinajstić information content (AvgIpc) is 3.26. The van der Waals surface area contributed by atoms with Crippen LogP contribution in [0.3, 0.4) is 0 Å². The van der Waals surface area contributed by atoms with E-state index < -0.39 is 0 Å². The van der Waals surface area contributed by atoms with Crippen LogP contribution in [0.15, 0.2) is 54.7 Å². The number of para-hydroxylation sites is 2. The highest BCUT2D eigenvalue weighted by molar-refractivity contribution is 7.98. The Kier molecular flexibility index (Phi) is 5.13. The number of nitrogens with one attached hydrogen (secondary N) is 1. The van der Waals surface area contributed by atoms with Gasteiger partial charge in [-0.2, -0.15) is 11.8 Å². The van der Waals surface area contributed by atoms with Gasteiger partial charge in [0.1, 0.15) is 5.82 Å². The van der Waals surface area contributed by atoms with Gasteiger partial charge in [-0.15, -0.1) is 0 Å². The summed E-state index contributed by atoms with van der Waals surface area (Å²) < 4.78 is 4.12. The SMILES string of the molecule is CSCC[C@H](NC(=O)c1cccc2c1ccn2C)c1nc2ccccc2n1C. The Morgan fingerprint density at radius 2 is 1.89 bits per heavy atom. The molecule has 0 bridgehead atoms. The first-order valence-corrected chi connectivity index (χ1v) is 10.7. The van der Waals surface area contributed by atoms with Gasteiger partial charge in [-0.25, -0.2) is 4.98 Å². The summed E-state index contributed by atoms with van der Waals surface area (Å²) in [6.07, 6.45) is 4.89. The van der Waals surface area contributed by atoms with Crippen LogP contribution >= 0.6 is 11.8 Å². The molecular formula is C22H24N4OS. The summed E-state index contributed by atoms with van der Waals surface area (Å²) in [7, 11) is 4.01. The van der Waals surface area contributed by atoms with Gasteiger partial charge < -0.3 is 14.5 Å². The van der Waals surface area contributed by atoms with Gasteiger partial charge in [-0.1, -0.05) is 18.2 Å². The molecule has 0 aliphatic carbocycles. The Morgan fingerprint density at radius 3 is 2.68 bits per heavy atom. The number of aromatic nitrogens is 3. The van der Waals surface area contributed by atoms with E-state index in [4.69, 9.17) is 4.98 Å².